The number of thiophene rings is 1. The molecule has 1 unspecified atom stereocenters. The van der Waals surface area contributed by atoms with Gasteiger partial charge in [0, 0.05) is 17.0 Å². The zero-order valence-electron chi connectivity index (χ0n) is 14.4. The van der Waals surface area contributed by atoms with Gasteiger partial charge >= 0.3 is 0 Å². The van der Waals surface area contributed by atoms with Crippen LogP contribution in [0.15, 0.2) is 35.7 Å². The van der Waals surface area contributed by atoms with E-state index >= 15 is 0 Å². The van der Waals surface area contributed by atoms with Crippen molar-refractivity contribution in [1.82, 2.24) is 5.32 Å². The van der Waals surface area contributed by atoms with Gasteiger partial charge in [0.25, 0.3) is 17.3 Å². The highest BCUT2D eigenvalue weighted by Gasteiger charge is 2.26. The van der Waals surface area contributed by atoms with Crippen LogP contribution in [0.25, 0.3) is 0 Å². The highest BCUT2D eigenvalue weighted by Crippen LogP contribution is 2.31. The van der Waals surface area contributed by atoms with Crippen molar-refractivity contribution in [1.29, 1.82) is 0 Å². The lowest BCUT2D eigenvalue weighted by atomic mass is 9.92. The average molecular weight is 377 g/mol. The second kappa shape index (κ2) is 8.52. The molecule has 1 amide bonds. The van der Waals surface area contributed by atoms with Crippen molar-refractivity contribution in [2.75, 3.05) is 0 Å². The first-order valence-electron chi connectivity index (χ1n) is 8.15. The fourth-order valence-electron chi connectivity index (χ4n) is 2.81. The fourth-order valence-corrected chi connectivity index (χ4v) is 3.68. The van der Waals surface area contributed by atoms with E-state index in [-0.39, 0.29) is 17.5 Å². The summed E-state index contributed by atoms with van der Waals surface area (Å²) in [7, 11) is 0. The first-order valence-corrected chi connectivity index (χ1v) is 9.03. The fraction of sp³-hybridized carbons (Fsp3) is 0.353. The number of hydrogen-bond acceptors (Lipinski definition) is 6. The maximum atomic E-state index is 12.7. The van der Waals surface area contributed by atoms with Crippen molar-refractivity contribution in [3.8, 4) is 0 Å². The Hall–Kier alpha value is -2.81. The van der Waals surface area contributed by atoms with Gasteiger partial charge in [-0.3, -0.25) is 25.0 Å². The molecular weight excluding hydrogens is 358 g/mol. The molecule has 1 N–H and O–H groups in total. The summed E-state index contributed by atoms with van der Waals surface area (Å²) in [5.41, 5.74) is -1.07. The van der Waals surface area contributed by atoms with Crippen LogP contribution in [0, 0.1) is 26.1 Å². The number of non-ortho nitro benzene ring substituents is 2. The lowest BCUT2D eigenvalue weighted by Crippen LogP contribution is -2.32. The lowest BCUT2D eigenvalue weighted by molar-refractivity contribution is -0.394. The molecule has 8 nitrogen and oxygen atoms in total. The third kappa shape index (κ3) is 4.42. The number of hydrogen-bond donors (Lipinski definition) is 1. The number of carbonyl (C=O) groups excluding carboxylic acids is 1. The van der Waals surface area contributed by atoms with Gasteiger partial charge in [-0.25, -0.2) is 0 Å². The Morgan fingerprint density at radius 3 is 2.12 bits per heavy atom. The number of carbonyl (C=O) groups is 1. The highest BCUT2D eigenvalue weighted by molar-refractivity contribution is 7.10. The molecule has 1 heterocycles. The van der Waals surface area contributed by atoms with Crippen LogP contribution in [0.5, 0.6) is 0 Å². The molecule has 0 spiro atoms. The Kier molecular flexibility index (Phi) is 6.40. The predicted molar refractivity (Wildman–Crippen MR) is 98.3 cm³/mol. The van der Waals surface area contributed by atoms with Crippen LogP contribution in [0.4, 0.5) is 11.4 Å². The van der Waals surface area contributed by atoms with E-state index in [1.807, 2.05) is 31.4 Å². The van der Waals surface area contributed by atoms with Gasteiger partial charge < -0.3 is 5.32 Å². The van der Waals surface area contributed by atoms with Crippen molar-refractivity contribution < 1.29 is 14.6 Å². The molecule has 0 bridgehead atoms. The molecule has 0 radical (unpaired) electrons. The maximum Gasteiger partial charge on any atom is 0.277 e. The standard InChI is InChI=1S/C17H19N3O5S/c1-3-11(4-2)16(15-6-5-7-26-15)18-17(21)12-8-13(19(22)23)10-14(9-12)20(24)25/h5-11,16H,3-4H2,1-2H3,(H,18,21). The lowest BCUT2D eigenvalue weighted by Gasteiger charge is -2.25. The molecule has 1 atom stereocenters. The van der Waals surface area contributed by atoms with E-state index in [0.717, 1.165) is 35.9 Å². The van der Waals surface area contributed by atoms with Crippen LogP contribution in [0.1, 0.15) is 48.0 Å². The summed E-state index contributed by atoms with van der Waals surface area (Å²) in [5.74, 6) is -0.381. The van der Waals surface area contributed by atoms with Crippen LogP contribution >= 0.6 is 11.3 Å². The molecule has 2 rings (SSSR count). The zero-order chi connectivity index (χ0) is 19.3. The first-order chi connectivity index (χ1) is 12.4. The monoisotopic (exact) mass is 377 g/mol. The molecule has 0 saturated heterocycles. The van der Waals surface area contributed by atoms with E-state index in [9.17, 15) is 25.0 Å². The molecule has 26 heavy (non-hydrogen) atoms. The maximum absolute atomic E-state index is 12.7. The minimum Gasteiger partial charge on any atom is -0.344 e. The Bertz CT molecular complexity index is 770. The molecule has 0 aliphatic rings. The van der Waals surface area contributed by atoms with Crippen molar-refractivity contribution in [2.24, 2.45) is 5.92 Å². The molecule has 1 aromatic heterocycles. The highest BCUT2D eigenvalue weighted by atomic mass is 32.1. The van der Waals surface area contributed by atoms with Crippen molar-refractivity contribution in [3.63, 3.8) is 0 Å². The van der Waals surface area contributed by atoms with E-state index < -0.39 is 27.1 Å². The minimum atomic E-state index is -0.749. The number of amides is 1. The van der Waals surface area contributed by atoms with Gasteiger partial charge in [-0.1, -0.05) is 32.8 Å². The van der Waals surface area contributed by atoms with Gasteiger partial charge in [-0.05, 0) is 17.4 Å². The van der Waals surface area contributed by atoms with Crippen LogP contribution in [0.2, 0.25) is 0 Å². The van der Waals surface area contributed by atoms with Gasteiger partial charge in [0.2, 0.25) is 0 Å². The minimum absolute atomic E-state index is 0.0987. The number of nitro benzene ring substituents is 2. The molecule has 0 fully saturated rings. The Morgan fingerprint density at radius 2 is 1.69 bits per heavy atom. The molecular formula is C17H19N3O5S. The van der Waals surface area contributed by atoms with Gasteiger partial charge in [-0.15, -0.1) is 11.3 Å². The second-order valence-corrected chi connectivity index (χ2v) is 6.77. The van der Waals surface area contributed by atoms with E-state index in [2.05, 4.69) is 5.32 Å². The van der Waals surface area contributed by atoms with E-state index in [1.165, 1.54) is 11.3 Å². The largest absolute Gasteiger partial charge is 0.344 e. The van der Waals surface area contributed by atoms with Gasteiger partial charge in [0.15, 0.2) is 0 Å². The molecule has 2 aromatic rings. The van der Waals surface area contributed by atoms with Crippen LogP contribution in [-0.4, -0.2) is 15.8 Å². The van der Waals surface area contributed by atoms with Gasteiger partial charge in [0.1, 0.15) is 0 Å². The normalized spacial score (nSPS) is 12.0. The molecule has 0 saturated carbocycles. The number of rotatable bonds is 8. The Balaban J connectivity index is 2.37. The Morgan fingerprint density at radius 1 is 1.12 bits per heavy atom. The number of nitro groups is 2. The third-order valence-corrected chi connectivity index (χ3v) is 5.20. The topological polar surface area (TPSA) is 115 Å². The smallest absolute Gasteiger partial charge is 0.277 e. The average Bonchev–Trinajstić information content (AvgIpc) is 3.15. The summed E-state index contributed by atoms with van der Waals surface area (Å²) in [4.78, 5) is 34.2. The summed E-state index contributed by atoms with van der Waals surface area (Å²) < 4.78 is 0. The molecule has 0 aliphatic heterocycles. The van der Waals surface area contributed by atoms with E-state index in [0.29, 0.717) is 0 Å². The van der Waals surface area contributed by atoms with Crippen molar-refractivity contribution >= 4 is 28.6 Å². The summed E-state index contributed by atoms with van der Waals surface area (Å²) in [5, 5.41) is 26.8. The first kappa shape index (κ1) is 19.5. The summed E-state index contributed by atoms with van der Waals surface area (Å²) in [6, 6.07) is 6.51. The third-order valence-electron chi connectivity index (χ3n) is 4.24. The van der Waals surface area contributed by atoms with Gasteiger partial charge in [-0.2, -0.15) is 0 Å². The predicted octanol–water partition coefficient (Wildman–Crippen LogP) is 4.47. The van der Waals surface area contributed by atoms with E-state index in [1.54, 1.807) is 0 Å². The SMILES string of the molecule is CCC(CC)C(NC(=O)c1cc([N+](=O)[O-])cc([N+](=O)[O-])c1)c1cccs1. The van der Waals surface area contributed by atoms with Crippen LogP contribution < -0.4 is 5.32 Å². The Labute approximate surface area is 154 Å². The summed E-state index contributed by atoms with van der Waals surface area (Å²) in [6.45, 7) is 4.05. The molecule has 1 aromatic carbocycles. The number of nitrogens with one attached hydrogen (secondary N) is 1. The summed E-state index contributed by atoms with van der Waals surface area (Å²) >= 11 is 1.51. The molecule has 0 aliphatic carbocycles. The van der Waals surface area contributed by atoms with Gasteiger partial charge in [0.05, 0.1) is 27.5 Å². The number of nitrogens with zero attached hydrogens (tertiary/aromatic N) is 2. The number of benzene rings is 1. The van der Waals surface area contributed by atoms with Crippen molar-refractivity contribution in [2.45, 2.75) is 32.7 Å². The van der Waals surface area contributed by atoms with Crippen molar-refractivity contribution in [3.05, 3.63) is 66.4 Å². The second-order valence-electron chi connectivity index (χ2n) is 5.80. The zero-order valence-corrected chi connectivity index (χ0v) is 15.2. The van der Waals surface area contributed by atoms with E-state index in [4.69, 9.17) is 0 Å². The quantitative estimate of drug-likeness (QED) is 0.538. The molecule has 9 heteroatoms. The van der Waals surface area contributed by atoms with Crippen LogP contribution in [-0.2, 0) is 0 Å². The van der Waals surface area contributed by atoms with Crippen LogP contribution in [0.3, 0.4) is 0 Å². The molecule has 138 valence electrons. The summed E-state index contributed by atoms with van der Waals surface area (Å²) in [6.07, 6.45) is 1.68.